The van der Waals surface area contributed by atoms with Crippen molar-refractivity contribution < 1.29 is 0 Å². The van der Waals surface area contributed by atoms with Crippen molar-refractivity contribution in [2.45, 2.75) is 25.7 Å². The molecular weight excluding hydrogens is 234 g/mol. The molecular formula is C16H19N3. The quantitative estimate of drug-likeness (QED) is 0.645. The summed E-state index contributed by atoms with van der Waals surface area (Å²) < 4.78 is 0. The Bertz CT molecular complexity index is 616. The molecule has 3 heteroatoms. The summed E-state index contributed by atoms with van der Waals surface area (Å²) in [5, 5.41) is 4.50. The van der Waals surface area contributed by atoms with Crippen LogP contribution in [-0.2, 0) is 0 Å². The number of aromatic nitrogens is 1. The second kappa shape index (κ2) is 5.31. The molecule has 0 unspecified atom stereocenters. The van der Waals surface area contributed by atoms with E-state index in [0.29, 0.717) is 0 Å². The summed E-state index contributed by atoms with van der Waals surface area (Å²) in [6, 6.07) is 7.91. The topological polar surface area (TPSA) is 50.9 Å². The molecule has 1 aromatic heterocycles. The maximum absolute atomic E-state index is 5.98. The van der Waals surface area contributed by atoms with Crippen LogP contribution in [0.5, 0.6) is 0 Å². The van der Waals surface area contributed by atoms with Crippen LogP contribution in [0.1, 0.15) is 25.7 Å². The van der Waals surface area contributed by atoms with E-state index in [1.54, 1.807) is 5.57 Å². The van der Waals surface area contributed by atoms with Crippen LogP contribution in [-0.4, -0.2) is 11.5 Å². The van der Waals surface area contributed by atoms with Gasteiger partial charge in [-0.05, 0) is 49.9 Å². The molecule has 0 saturated carbocycles. The van der Waals surface area contributed by atoms with E-state index in [2.05, 4.69) is 16.4 Å². The molecule has 1 aliphatic carbocycles. The van der Waals surface area contributed by atoms with Gasteiger partial charge in [0.1, 0.15) is 0 Å². The van der Waals surface area contributed by atoms with Crippen molar-refractivity contribution in [3.63, 3.8) is 0 Å². The van der Waals surface area contributed by atoms with E-state index >= 15 is 0 Å². The number of rotatable bonds is 4. The summed E-state index contributed by atoms with van der Waals surface area (Å²) in [5.74, 6) is 0. The van der Waals surface area contributed by atoms with E-state index in [1.807, 2.05) is 30.5 Å². The summed E-state index contributed by atoms with van der Waals surface area (Å²) in [6.45, 7) is 0.960. The zero-order chi connectivity index (χ0) is 13.1. The van der Waals surface area contributed by atoms with Crippen molar-refractivity contribution in [1.29, 1.82) is 0 Å². The molecule has 0 fully saturated rings. The third kappa shape index (κ3) is 2.55. The van der Waals surface area contributed by atoms with Gasteiger partial charge in [-0.3, -0.25) is 4.98 Å². The Labute approximate surface area is 113 Å². The summed E-state index contributed by atoms with van der Waals surface area (Å²) in [4.78, 5) is 4.44. The van der Waals surface area contributed by atoms with E-state index in [4.69, 9.17) is 5.73 Å². The van der Waals surface area contributed by atoms with Crippen molar-refractivity contribution in [2.75, 3.05) is 17.6 Å². The molecule has 0 bridgehead atoms. The molecule has 0 atom stereocenters. The first-order valence-electron chi connectivity index (χ1n) is 6.89. The minimum Gasteiger partial charge on any atom is -0.398 e. The monoisotopic (exact) mass is 253 g/mol. The standard InChI is InChI=1S/C16H19N3/c17-14-7-8-15(16-13(14)6-3-10-19-16)18-11-9-12-4-1-2-5-12/h3-4,6-8,10,18H,1-2,5,9,11,17H2. The lowest BCUT2D eigenvalue weighted by molar-refractivity contribution is 0.863. The fourth-order valence-corrected chi connectivity index (χ4v) is 2.66. The largest absolute Gasteiger partial charge is 0.398 e. The van der Waals surface area contributed by atoms with Crippen LogP contribution in [0, 0.1) is 0 Å². The van der Waals surface area contributed by atoms with Gasteiger partial charge in [0, 0.05) is 23.8 Å². The van der Waals surface area contributed by atoms with E-state index in [-0.39, 0.29) is 0 Å². The smallest absolute Gasteiger partial charge is 0.0953 e. The maximum atomic E-state index is 5.98. The van der Waals surface area contributed by atoms with Crippen molar-refractivity contribution >= 4 is 22.3 Å². The number of benzene rings is 1. The number of nitrogens with zero attached hydrogens (tertiary/aromatic N) is 1. The molecule has 0 radical (unpaired) electrons. The van der Waals surface area contributed by atoms with Crippen LogP contribution in [0.15, 0.2) is 42.1 Å². The van der Waals surface area contributed by atoms with E-state index < -0.39 is 0 Å². The van der Waals surface area contributed by atoms with Crippen molar-refractivity contribution in [3.05, 3.63) is 42.1 Å². The first kappa shape index (κ1) is 12.0. The zero-order valence-electron chi connectivity index (χ0n) is 11.0. The predicted molar refractivity (Wildman–Crippen MR) is 81.2 cm³/mol. The molecule has 0 amide bonds. The molecule has 3 N–H and O–H groups in total. The minimum absolute atomic E-state index is 0.784. The lowest BCUT2D eigenvalue weighted by Gasteiger charge is -2.10. The highest BCUT2D eigenvalue weighted by atomic mass is 14.9. The van der Waals surface area contributed by atoms with Gasteiger partial charge < -0.3 is 11.1 Å². The number of allylic oxidation sites excluding steroid dienone is 1. The van der Waals surface area contributed by atoms with Crippen LogP contribution < -0.4 is 11.1 Å². The first-order valence-corrected chi connectivity index (χ1v) is 6.89. The van der Waals surface area contributed by atoms with Crippen molar-refractivity contribution in [1.82, 2.24) is 4.98 Å². The zero-order valence-corrected chi connectivity index (χ0v) is 11.0. The summed E-state index contributed by atoms with van der Waals surface area (Å²) in [7, 11) is 0. The number of fused-ring (bicyclic) bond motifs is 1. The molecule has 0 aliphatic heterocycles. The Morgan fingerprint density at radius 3 is 3.05 bits per heavy atom. The summed E-state index contributed by atoms with van der Waals surface area (Å²) >= 11 is 0. The lowest BCUT2D eigenvalue weighted by atomic mass is 10.1. The Balaban J connectivity index is 1.75. The van der Waals surface area contributed by atoms with E-state index in [0.717, 1.165) is 35.2 Å². The second-order valence-electron chi connectivity index (χ2n) is 5.03. The average Bonchev–Trinajstić information content (AvgIpc) is 2.95. The highest BCUT2D eigenvalue weighted by Crippen LogP contribution is 2.27. The summed E-state index contributed by atoms with van der Waals surface area (Å²) in [6.07, 6.45) is 9.15. The average molecular weight is 253 g/mol. The molecule has 1 aromatic carbocycles. The SMILES string of the molecule is Nc1ccc(NCCC2=CCCC2)c2ncccc12. The molecule has 2 aromatic rings. The minimum atomic E-state index is 0.784. The van der Waals surface area contributed by atoms with Gasteiger partial charge in [-0.15, -0.1) is 0 Å². The van der Waals surface area contributed by atoms with Crippen LogP contribution in [0.3, 0.4) is 0 Å². The number of hydrogen-bond acceptors (Lipinski definition) is 3. The first-order chi connectivity index (χ1) is 9.34. The van der Waals surface area contributed by atoms with Crippen molar-refractivity contribution in [2.24, 2.45) is 0 Å². The van der Waals surface area contributed by atoms with Gasteiger partial charge in [-0.1, -0.05) is 11.6 Å². The third-order valence-corrected chi connectivity index (χ3v) is 3.70. The Hall–Kier alpha value is -2.03. The molecule has 3 nitrogen and oxygen atoms in total. The van der Waals surface area contributed by atoms with Gasteiger partial charge in [0.2, 0.25) is 0 Å². The van der Waals surface area contributed by atoms with Gasteiger partial charge in [-0.2, -0.15) is 0 Å². The van der Waals surface area contributed by atoms with Crippen LogP contribution in [0.2, 0.25) is 0 Å². The van der Waals surface area contributed by atoms with Crippen LogP contribution in [0.25, 0.3) is 10.9 Å². The molecule has 19 heavy (non-hydrogen) atoms. The number of hydrogen-bond donors (Lipinski definition) is 2. The van der Waals surface area contributed by atoms with Crippen molar-refractivity contribution in [3.8, 4) is 0 Å². The van der Waals surface area contributed by atoms with Gasteiger partial charge in [0.15, 0.2) is 0 Å². The van der Waals surface area contributed by atoms with Gasteiger partial charge in [0.25, 0.3) is 0 Å². The fourth-order valence-electron chi connectivity index (χ4n) is 2.66. The molecule has 1 heterocycles. The van der Waals surface area contributed by atoms with E-state index in [9.17, 15) is 0 Å². The Morgan fingerprint density at radius 1 is 1.26 bits per heavy atom. The normalized spacial score (nSPS) is 14.6. The maximum Gasteiger partial charge on any atom is 0.0953 e. The number of anilines is 2. The van der Waals surface area contributed by atoms with Crippen LogP contribution in [0.4, 0.5) is 11.4 Å². The molecule has 98 valence electrons. The number of nitrogens with two attached hydrogens (primary N) is 1. The number of nitrogens with one attached hydrogen (secondary N) is 1. The highest BCUT2D eigenvalue weighted by molar-refractivity contribution is 5.98. The molecule has 0 saturated heterocycles. The number of pyridine rings is 1. The van der Waals surface area contributed by atoms with E-state index in [1.165, 1.54) is 19.3 Å². The highest BCUT2D eigenvalue weighted by Gasteiger charge is 2.06. The molecule has 0 spiro atoms. The summed E-state index contributed by atoms with van der Waals surface area (Å²) in [5.41, 5.74) is 10.4. The van der Waals surface area contributed by atoms with Gasteiger partial charge in [-0.25, -0.2) is 0 Å². The van der Waals surface area contributed by atoms with Gasteiger partial charge >= 0.3 is 0 Å². The van der Waals surface area contributed by atoms with Gasteiger partial charge in [0.05, 0.1) is 11.2 Å². The molecule has 1 aliphatic rings. The Kier molecular flexibility index (Phi) is 3.36. The number of nitrogen functional groups attached to an aromatic ring is 1. The van der Waals surface area contributed by atoms with Crippen LogP contribution >= 0.6 is 0 Å². The Morgan fingerprint density at radius 2 is 2.21 bits per heavy atom. The fraction of sp³-hybridized carbons (Fsp3) is 0.312. The third-order valence-electron chi connectivity index (χ3n) is 3.70. The predicted octanol–water partition coefficient (Wildman–Crippen LogP) is 3.73. The second-order valence-corrected chi connectivity index (χ2v) is 5.03. The lowest BCUT2D eigenvalue weighted by Crippen LogP contribution is -2.04. The molecule has 3 rings (SSSR count).